The van der Waals surface area contributed by atoms with E-state index >= 15 is 0 Å². The van der Waals surface area contributed by atoms with Crippen LogP contribution in [0.25, 0.3) is 0 Å². The van der Waals surface area contributed by atoms with Crippen molar-refractivity contribution in [3.63, 3.8) is 0 Å². The lowest BCUT2D eigenvalue weighted by Crippen LogP contribution is -2.23. The van der Waals surface area contributed by atoms with Crippen molar-refractivity contribution in [2.24, 2.45) is 0 Å². The minimum Gasteiger partial charge on any atom is -0.477 e. The Kier molecular flexibility index (Phi) is 4.32. The summed E-state index contributed by atoms with van der Waals surface area (Å²) in [5, 5.41) is 11.4. The smallest absolute Gasteiger partial charge is 0.477 e. The average Bonchev–Trinajstić information content (AvgIpc) is 2.49. The van der Waals surface area contributed by atoms with Crippen molar-refractivity contribution in [2.75, 3.05) is 0 Å². The van der Waals surface area contributed by atoms with E-state index in [1.165, 1.54) is 6.92 Å². The molecule has 1 heterocycles. The minimum absolute atomic E-state index is 0.0233. The maximum absolute atomic E-state index is 12.1. The van der Waals surface area contributed by atoms with E-state index in [1.54, 1.807) is 0 Å². The van der Waals surface area contributed by atoms with Crippen LogP contribution in [0.5, 0.6) is 0 Å². The van der Waals surface area contributed by atoms with Crippen LogP contribution < -0.4 is 0 Å². The number of rotatable bonds is 1. The summed E-state index contributed by atoms with van der Waals surface area (Å²) < 4.78 is 35.7. The highest BCUT2D eigenvalue weighted by Gasteiger charge is 2.36. The zero-order valence-corrected chi connectivity index (χ0v) is 8.46. The molecule has 1 aromatic heterocycles. The van der Waals surface area contributed by atoms with Crippen LogP contribution in [-0.2, 0) is 6.30 Å². The Balaban J connectivity index is 0.000000921. The molecular weight excluding hydrogens is 213 g/mol. The van der Waals surface area contributed by atoms with E-state index in [0.717, 1.165) is 6.20 Å². The summed E-state index contributed by atoms with van der Waals surface area (Å²) in [5.41, 5.74) is -0.877. The first kappa shape index (κ1) is 13.5. The van der Waals surface area contributed by atoms with Gasteiger partial charge in [0.1, 0.15) is 0 Å². The fourth-order valence-corrected chi connectivity index (χ4v) is 0.882. The van der Waals surface area contributed by atoms with E-state index in [4.69, 9.17) is 5.11 Å². The van der Waals surface area contributed by atoms with Crippen LogP contribution in [0.1, 0.15) is 29.9 Å². The van der Waals surface area contributed by atoms with Crippen LogP contribution in [-0.4, -0.2) is 20.9 Å². The molecule has 0 fully saturated rings. The minimum atomic E-state index is -4.79. The fraction of sp³-hybridized carbons (Fsp3) is 0.500. The molecular formula is C8H11F3N2O2. The topological polar surface area (TPSA) is 55.1 Å². The first-order valence-corrected chi connectivity index (χ1v) is 4.19. The molecule has 0 amide bonds. The molecule has 1 N–H and O–H groups in total. The molecule has 0 unspecified atom stereocenters. The third-order valence-corrected chi connectivity index (χ3v) is 1.39. The molecule has 4 nitrogen and oxygen atoms in total. The molecule has 1 rings (SSSR count). The van der Waals surface area contributed by atoms with Crippen molar-refractivity contribution in [3.05, 3.63) is 17.5 Å². The number of alkyl halides is 3. The van der Waals surface area contributed by atoms with Gasteiger partial charge in [0.15, 0.2) is 5.69 Å². The predicted molar refractivity (Wildman–Crippen MR) is 46.6 cm³/mol. The Morgan fingerprint density at radius 1 is 1.47 bits per heavy atom. The third kappa shape index (κ3) is 2.97. The Morgan fingerprint density at radius 2 is 1.93 bits per heavy atom. The number of carboxylic acid groups (broad SMARTS) is 1. The number of nitrogens with zero attached hydrogens (tertiary/aromatic N) is 2. The van der Waals surface area contributed by atoms with Gasteiger partial charge in [-0.05, 0) is 6.92 Å². The number of carboxylic acids is 1. The van der Waals surface area contributed by atoms with Gasteiger partial charge in [-0.15, -0.1) is 13.2 Å². The highest BCUT2D eigenvalue weighted by atomic mass is 19.4. The molecule has 15 heavy (non-hydrogen) atoms. The largest absolute Gasteiger partial charge is 0.505 e. The van der Waals surface area contributed by atoms with E-state index in [2.05, 4.69) is 5.10 Å². The highest BCUT2D eigenvalue weighted by Crippen LogP contribution is 2.24. The first-order valence-electron chi connectivity index (χ1n) is 4.19. The number of aromatic nitrogens is 2. The van der Waals surface area contributed by atoms with Gasteiger partial charge >= 0.3 is 12.3 Å². The number of aromatic carboxylic acids is 1. The van der Waals surface area contributed by atoms with Crippen LogP contribution in [0.4, 0.5) is 13.2 Å². The maximum Gasteiger partial charge on any atom is 0.505 e. The first-order chi connectivity index (χ1) is 6.84. The van der Waals surface area contributed by atoms with E-state index in [1.807, 2.05) is 13.8 Å². The lowest BCUT2D eigenvalue weighted by atomic mass is 10.3. The van der Waals surface area contributed by atoms with Gasteiger partial charge in [0.2, 0.25) is 0 Å². The van der Waals surface area contributed by atoms with Crippen LogP contribution in [0.3, 0.4) is 0 Å². The van der Waals surface area contributed by atoms with Gasteiger partial charge in [0.05, 0.1) is 6.20 Å². The fourth-order valence-electron chi connectivity index (χ4n) is 0.882. The van der Waals surface area contributed by atoms with Gasteiger partial charge in [-0.1, -0.05) is 13.8 Å². The van der Waals surface area contributed by atoms with Crippen molar-refractivity contribution in [2.45, 2.75) is 27.1 Å². The lowest BCUT2D eigenvalue weighted by molar-refractivity contribution is -0.213. The number of aryl methyl sites for hydroxylation is 1. The standard InChI is InChI=1S/C6H5F3N2O2.C2H6/c1-3-2-10-11(6(7,8)9)4(3)5(12)13;1-2/h2H,1H3,(H,12,13);1-2H3. The number of hydrogen-bond donors (Lipinski definition) is 1. The number of halogens is 3. The normalized spacial score (nSPS) is 10.5. The van der Waals surface area contributed by atoms with E-state index in [9.17, 15) is 18.0 Å². The molecule has 86 valence electrons. The van der Waals surface area contributed by atoms with Crippen LogP contribution in [0, 0.1) is 6.92 Å². The van der Waals surface area contributed by atoms with Crippen molar-refractivity contribution in [1.29, 1.82) is 0 Å². The van der Waals surface area contributed by atoms with Crippen molar-refractivity contribution in [1.82, 2.24) is 9.78 Å². The van der Waals surface area contributed by atoms with Gasteiger partial charge in [0.25, 0.3) is 0 Å². The van der Waals surface area contributed by atoms with Gasteiger partial charge in [0, 0.05) is 5.56 Å². The van der Waals surface area contributed by atoms with Crippen molar-refractivity contribution < 1.29 is 23.1 Å². The van der Waals surface area contributed by atoms with Gasteiger partial charge in [-0.25, -0.2) is 4.79 Å². The SMILES string of the molecule is CC.Cc1cnn(C(F)(F)F)c1C(=O)O. The Bertz CT molecular complexity index is 344. The highest BCUT2D eigenvalue weighted by molar-refractivity contribution is 5.87. The second-order valence-electron chi connectivity index (χ2n) is 2.36. The number of hydrogen-bond acceptors (Lipinski definition) is 2. The maximum atomic E-state index is 12.1. The molecule has 7 heteroatoms. The molecule has 0 atom stereocenters. The van der Waals surface area contributed by atoms with Gasteiger partial charge < -0.3 is 5.11 Å². The Hall–Kier alpha value is -1.53. The molecule has 1 aromatic rings. The molecule has 0 aliphatic heterocycles. The number of carbonyl (C=O) groups is 1. The molecule has 0 spiro atoms. The summed E-state index contributed by atoms with van der Waals surface area (Å²) >= 11 is 0. The van der Waals surface area contributed by atoms with Crippen LogP contribution >= 0.6 is 0 Å². The lowest BCUT2D eigenvalue weighted by Gasteiger charge is -2.07. The predicted octanol–water partition coefficient (Wildman–Crippen LogP) is 2.39. The van der Waals surface area contributed by atoms with Crippen molar-refractivity contribution >= 4 is 5.97 Å². The average molecular weight is 224 g/mol. The summed E-state index contributed by atoms with van der Waals surface area (Å²) in [4.78, 5) is 10.4. The zero-order chi connectivity index (χ0) is 12.2. The van der Waals surface area contributed by atoms with Crippen molar-refractivity contribution in [3.8, 4) is 0 Å². The Morgan fingerprint density at radius 3 is 2.20 bits per heavy atom. The molecule has 0 aliphatic rings. The second kappa shape index (κ2) is 4.81. The van der Waals surface area contributed by atoms with E-state index in [-0.39, 0.29) is 5.56 Å². The van der Waals surface area contributed by atoms with E-state index < -0.39 is 22.6 Å². The monoisotopic (exact) mass is 224 g/mol. The third-order valence-electron chi connectivity index (χ3n) is 1.39. The summed E-state index contributed by atoms with van der Waals surface area (Å²) in [6.07, 6.45) is -3.93. The van der Waals surface area contributed by atoms with Gasteiger partial charge in [-0.3, -0.25) is 0 Å². The molecule has 0 saturated carbocycles. The summed E-state index contributed by atoms with van der Waals surface area (Å²) in [5.74, 6) is -1.65. The van der Waals surface area contributed by atoms with E-state index in [0.29, 0.717) is 0 Å². The summed E-state index contributed by atoms with van der Waals surface area (Å²) in [6.45, 7) is 5.25. The van der Waals surface area contributed by atoms with Crippen LogP contribution in [0.2, 0.25) is 0 Å². The molecule has 0 aliphatic carbocycles. The zero-order valence-electron chi connectivity index (χ0n) is 8.46. The quantitative estimate of drug-likeness (QED) is 0.796. The Labute approximate surface area is 84.3 Å². The van der Waals surface area contributed by atoms with Crippen LogP contribution in [0.15, 0.2) is 6.20 Å². The summed E-state index contributed by atoms with van der Waals surface area (Å²) in [7, 11) is 0. The second-order valence-corrected chi connectivity index (χ2v) is 2.36. The summed E-state index contributed by atoms with van der Waals surface area (Å²) in [6, 6.07) is 0. The molecule has 0 bridgehead atoms. The molecule has 0 radical (unpaired) electrons. The van der Waals surface area contributed by atoms with Gasteiger partial charge in [-0.2, -0.15) is 9.78 Å². The molecule has 0 aromatic carbocycles. The molecule has 0 saturated heterocycles.